The van der Waals surface area contributed by atoms with E-state index in [2.05, 4.69) is 10.4 Å². The monoisotopic (exact) mass is 276 g/mol. The highest BCUT2D eigenvalue weighted by Crippen LogP contribution is 2.22. The number of hydrogen-bond donors (Lipinski definition) is 2. The summed E-state index contributed by atoms with van der Waals surface area (Å²) in [6, 6.07) is 5.05. The van der Waals surface area contributed by atoms with Crippen molar-refractivity contribution in [1.29, 1.82) is 0 Å². The van der Waals surface area contributed by atoms with E-state index in [9.17, 15) is 10.1 Å². The van der Waals surface area contributed by atoms with E-state index in [-0.39, 0.29) is 17.2 Å². The van der Waals surface area contributed by atoms with Gasteiger partial charge >= 0.3 is 0 Å². The second-order valence-corrected chi connectivity index (χ2v) is 4.45. The minimum atomic E-state index is -0.389. The Kier molecular flexibility index (Phi) is 4.31. The van der Waals surface area contributed by atoms with Crippen LogP contribution in [0.5, 0.6) is 0 Å². The van der Waals surface area contributed by atoms with Crippen molar-refractivity contribution in [1.82, 2.24) is 9.78 Å². The second-order valence-electron chi connectivity index (χ2n) is 4.45. The van der Waals surface area contributed by atoms with Gasteiger partial charge in [-0.3, -0.25) is 14.8 Å². The summed E-state index contributed by atoms with van der Waals surface area (Å²) in [6.45, 7) is 2.72. The Morgan fingerprint density at radius 1 is 1.50 bits per heavy atom. The molecule has 20 heavy (non-hydrogen) atoms. The lowest BCUT2D eigenvalue weighted by Gasteiger charge is -2.05. The van der Waals surface area contributed by atoms with Gasteiger partial charge in [-0.15, -0.1) is 0 Å². The molecule has 7 heteroatoms. The van der Waals surface area contributed by atoms with E-state index >= 15 is 0 Å². The molecule has 1 heterocycles. The number of aryl methyl sites for hydroxylation is 1. The lowest BCUT2D eigenvalue weighted by molar-refractivity contribution is -0.385. The molecule has 2 aromatic rings. The number of aromatic nitrogens is 2. The van der Waals surface area contributed by atoms with E-state index in [0.717, 1.165) is 5.56 Å². The summed E-state index contributed by atoms with van der Waals surface area (Å²) < 4.78 is 1.65. The van der Waals surface area contributed by atoms with Gasteiger partial charge in [0.25, 0.3) is 5.69 Å². The van der Waals surface area contributed by atoms with Crippen molar-refractivity contribution in [2.75, 3.05) is 11.9 Å². The number of nitro benzene ring substituents is 1. The third-order valence-corrected chi connectivity index (χ3v) is 2.92. The maximum absolute atomic E-state index is 10.9. The number of nitro groups is 1. The first-order valence-corrected chi connectivity index (χ1v) is 6.21. The van der Waals surface area contributed by atoms with Crippen LogP contribution in [0, 0.1) is 17.0 Å². The Balaban J connectivity index is 2.03. The molecule has 0 saturated heterocycles. The van der Waals surface area contributed by atoms with Crippen molar-refractivity contribution in [3.05, 3.63) is 51.8 Å². The summed E-state index contributed by atoms with van der Waals surface area (Å²) in [7, 11) is 0. The van der Waals surface area contributed by atoms with E-state index in [1.54, 1.807) is 29.9 Å². The molecule has 0 saturated carbocycles. The second kappa shape index (κ2) is 6.16. The summed E-state index contributed by atoms with van der Waals surface area (Å²) in [5.41, 5.74) is 2.38. The highest BCUT2D eigenvalue weighted by Gasteiger charge is 2.10. The largest absolute Gasteiger partial charge is 0.394 e. The number of aliphatic hydroxyl groups is 1. The molecule has 0 aliphatic rings. The van der Waals surface area contributed by atoms with Gasteiger partial charge in [0.05, 0.1) is 24.3 Å². The van der Waals surface area contributed by atoms with Crippen molar-refractivity contribution in [2.24, 2.45) is 0 Å². The van der Waals surface area contributed by atoms with Crippen LogP contribution < -0.4 is 5.32 Å². The molecular formula is C13H16N4O3. The summed E-state index contributed by atoms with van der Waals surface area (Å²) in [5.74, 6) is 0. The molecule has 0 unspecified atom stereocenters. The summed E-state index contributed by atoms with van der Waals surface area (Å²) >= 11 is 0. The van der Waals surface area contributed by atoms with E-state index in [0.29, 0.717) is 24.3 Å². The van der Waals surface area contributed by atoms with Gasteiger partial charge in [0.1, 0.15) is 0 Å². The molecule has 0 amide bonds. The molecule has 0 radical (unpaired) electrons. The minimum absolute atomic E-state index is 0.0404. The molecule has 1 aromatic heterocycles. The summed E-state index contributed by atoms with van der Waals surface area (Å²) in [4.78, 5) is 10.5. The number of hydrogen-bond acceptors (Lipinski definition) is 5. The number of nitrogens with zero attached hydrogens (tertiary/aromatic N) is 3. The minimum Gasteiger partial charge on any atom is -0.394 e. The van der Waals surface area contributed by atoms with Gasteiger partial charge in [-0.25, -0.2) is 0 Å². The van der Waals surface area contributed by atoms with E-state index in [1.807, 2.05) is 6.20 Å². The zero-order valence-electron chi connectivity index (χ0n) is 11.1. The van der Waals surface area contributed by atoms with E-state index in [1.165, 1.54) is 6.07 Å². The predicted molar refractivity (Wildman–Crippen MR) is 74.5 cm³/mol. The van der Waals surface area contributed by atoms with Crippen LogP contribution >= 0.6 is 0 Å². The number of anilines is 1. The Hall–Kier alpha value is -2.41. The number of rotatable bonds is 6. The summed E-state index contributed by atoms with van der Waals surface area (Å²) in [5, 5.41) is 26.9. The Bertz CT molecular complexity index is 609. The van der Waals surface area contributed by atoms with Crippen LogP contribution in [0.25, 0.3) is 0 Å². The van der Waals surface area contributed by atoms with Crippen LogP contribution in [0.3, 0.4) is 0 Å². The standard InChI is InChI=1S/C13H16N4O3/c1-10-2-3-12(6-13(10)17(19)20)14-7-11-8-15-16(9-11)4-5-18/h2-3,6,8-9,14,18H,4-5,7H2,1H3. The van der Waals surface area contributed by atoms with Crippen molar-refractivity contribution < 1.29 is 10.0 Å². The van der Waals surface area contributed by atoms with Crippen LogP contribution in [-0.4, -0.2) is 26.4 Å². The Morgan fingerprint density at radius 2 is 2.30 bits per heavy atom. The molecule has 0 atom stereocenters. The van der Waals surface area contributed by atoms with Crippen molar-refractivity contribution in [3.63, 3.8) is 0 Å². The zero-order chi connectivity index (χ0) is 14.5. The van der Waals surface area contributed by atoms with E-state index < -0.39 is 0 Å². The first kappa shape index (κ1) is 14.0. The molecule has 0 aliphatic heterocycles. The SMILES string of the molecule is Cc1ccc(NCc2cnn(CCO)c2)cc1[N+](=O)[O-]. The zero-order valence-corrected chi connectivity index (χ0v) is 11.1. The molecule has 2 rings (SSSR count). The highest BCUT2D eigenvalue weighted by molar-refractivity contribution is 5.54. The number of nitrogens with one attached hydrogen (secondary N) is 1. The molecule has 7 nitrogen and oxygen atoms in total. The summed E-state index contributed by atoms with van der Waals surface area (Å²) in [6.07, 6.45) is 3.52. The van der Waals surface area contributed by atoms with Gasteiger partial charge in [0.2, 0.25) is 0 Å². The molecule has 0 bridgehead atoms. The van der Waals surface area contributed by atoms with Crippen molar-refractivity contribution in [2.45, 2.75) is 20.0 Å². The van der Waals surface area contributed by atoms with Gasteiger partial charge in [0, 0.05) is 35.6 Å². The van der Waals surface area contributed by atoms with Crippen LogP contribution in [-0.2, 0) is 13.1 Å². The maximum Gasteiger partial charge on any atom is 0.274 e. The highest BCUT2D eigenvalue weighted by atomic mass is 16.6. The van der Waals surface area contributed by atoms with Gasteiger partial charge in [-0.2, -0.15) is 5.10 Å². The molecule has 2 N–H and O–H groups in total. The third kappa shape index (κ3) is 3.33. The average molecular weight is 276 g/mol. The van der Waals surface area contributed by atoms with Crippen LogP contribution in [0.2, 0.25) is 0 Å². The van der Waals surface area contributed by atoms with Crippen LogP contribution in [0.1, 0.15) is 11.1 Å². The number of benzene rings is 1. The molecule has 0 spiro atoms. The number of aliphatic hydroxyl groups excluding tert-OH is 1. The first-order chi connectivity index (χ1) is 9.60. The fourth-order valence-corrected chi connectivity index (χ4v) is 1.84. The Morgan fingerprint density at radius 3 is 3.00 bits per heavy atom. The lowest BCUT2D eigenvalue weighted by Crippen LogP contribution is -2.02. The topological polar surface area (TPSA) is 93.2 Å². The molecule has 106 valence electrons. The van der Waals surface area contributed by atoms with E-state index in [4.69, 9.17) is 5.11 Å². The normalized spacial score (nSPS) is 10.5. The fraction of sp³-hybridized carbons (Fsp3) is 0.308. The van der Waals surface area contributed by atoms with Gasteiger partial charge < -0.3 is 10.4 Å². The first-order valence-electron chi connectivity index (χ1n) is 6.21. The molecule has 0 aliphatic carbocycles. The van der Waals surface area contributed by atoms with Gasteiger partial charge in [0.15, 0.2) is 0 Å². The third-order valence-electron chi connectivity index (χ3n) is 2.92. The fourth-order valence-electron chi connectivity index (χ4n) is 1.84. The predicted octanol–water partition coefficient (Wildman–Crippen LogP) is 1.70. The average Bonchev–Trinajstić information content (AvgIpc) is 2.86. The van der Waals surface area contributed by atoms with Crippen LogP contribution in [0.15, 0.2) is 30.6 Å². The maximum atomic E-state index is 10.9. The Labute approximate surface area is 116 Å². The van der Waals surface area contributed by atoms with Crippen molar-refractivity contribution >= 4 is 11.4 Å². The lowest BCUT2D eigenvalue weighted by atomic mass is 10.2. The molecular weight excluding hydrogens is 260 g/mol. The smallest absolute Gasteiger partial charge is 0.274 e. The van der Waals surface area contributed by atoms with Gasteiger partial charge in [-0.05, 0) is 13.0 Å². The quantitative estimate of drug-likeness (QED) is 0.618. The van der Waals surface area contributed by atoms with Gasteiger partial charge in [-0.1, -0.05) is 6.07 Å². The molecule has 0 fully saturated rings. The van der Waals surface area contributed by atoms with Crippen molar-refractivity contribution in [3.8, 4) is 0 Å². The van der Waals surface area contributed by atoms with Crippen LogP contribution in [0.4, 0.5) is 11.4 Å². The molecule has 1 aromatic carbocycles.